The van der Waals surface area contributed by atoms with Crippen LogP contribution in [0.4, 0.5) is 10.1 Å². The second kappa shape index (κ2) is 9.86. The molecule has 0 fully saturated rings. The third-order valence-electron chi connectivity index (χ3n) is 4.33. The van der Waals surface area contributed by atoms with E-state index in [1.165, 1.54) is 17.7 Å². The predicted molar refractivity (Wildman–Crippen MR) is 106 cm³/mol. The summed E-state index contributed by atoms with van der Waals surface area (Å²) in [7, 11) is 0. The second-order valence-electron chi connectivity index (χ2n) is 7.24. The van der Waals surface area contributed by atoms with E-state index >= 15 is 0 Å². The molecule has 2 aromatic rings. The molecule has 0 spiro atoms. The zero-order chi connectivity index (χ0) is 19.8. The molecule has 0 aliphatic carbocycles. The summed E-state index contributed by atoms with van der Waals surface area (Å²) in [5.74, 6) is -0.160. The Bertz CT molecular complexity index is 755. The lowest BCUT2D eigenvalue weighted by atomic mass is 10.0. The summed E-state index contributed by atoms with van der Waals surface area (Å²) in [6, 6.07) is 13.8. The van der Waals surface area contributed by atoms with Gasteiger partial charge in [-0.3, -0.25) is 9.59 Å². The van der Waals surface area contributed by atoms with Crippen LogP contribution in [0.3, 0.4) is 0 Å². The first kappa shape index (κ1) is 20.6. The van der Waals surface area contributed by atoms with Crippen LogP contribution in [0.15, 0.2) is 48.5 Å². The van der Waals surface area contributed by atoms with Gasteiger partial charge in [0.1, 0.15) is 5.82 Å². The number of carbonyl (C=O) groups excluding carboxylic acids is 2. The van der Waals surface area contributed by atoms with Crippen molar-refractivity contribution in [1.29, 1.82) is 0 Å². The van der Waals surface area contributed by atoms with Crippen LogP contribution in [0, 0.1) is 11.7 Å². The smallest absolute Gasteiger partial charge is 0.224 e. The number of anilines is 1. The van der Waals surface area contributed by atoms with Crippen LogP contribution in [-0.4, -0.2) is 11.8 Å². The van der Waals surface area contributed by atoms with Crippen molar-refractivity contribution in [1.82, 2.24) is 5.32 Å². The molecule has 2 aromatic carbocycles. The maximum absolute atomic E-state index is 12.9. The highest BCUT2D eigenvalue weighted by atomic mass is 19.1. The number of benzene rings is 2. The Balaban J connectivity index is 1.73. The van der Waals surface area contributed by atoms with Gasteiger partial charge < -0.3 is 10.6 Å². The van der Waals surface area contributed by atoms with E-state index in [4.69, 9.17) is 0 Å². The molecule has 144 valence electrons. The first-order valence-corrected chi connectivity index (χ1v) is 9.24. The minimum atomic E-state index is -0.302. The van der Waals surface area contributed by atoms with Crippen molar-refractivity contribution < 1.29 is 14.0 Å². The van der Waals surface area contributed by atoms with Crippen LogP contribution < -0.4 is 10.6 Å². The fourth-order valence-electron chi connectivity index (χ4n) is 2.74. The van der Waals surface area contributed by atoms with E-state index in [0.29, 0.717) is 12.5 Å². The average Bonchev–Trinajstić information content (AvgIpc) is 2.61. The zero-order valence-corrected chi connectivity index (χ0v) is 16.1. The van der Waals surface area contributed by atoms with E-state index in [1.54, 1.807) is 12.1 Å². The lowest BCUT2D eigenvalue weighted by Gasteiger charge is -2.13. The van der Waals surface area contributed by atoms with Gasteiger partial charge in [-0.2, -0.15) is 0 Å². The lowest BCUT2D eigenvalue weighted by Crippen LogP contribution is -2.26. The van der Waals surface area contributed by atoms with E-state index in [1.807, 2.05) is 31.2 Å². The summed E-state index contributed by atoms with van der Waals surface area (Å²) < 4.78 is 12.9. The van der Waals surface area contributed by atoms with Crippen LogP contribution in [0.2, 0.25) is 0 Å². The van der Waals surface area contributed by atoms with Gasteiger partial charge in [-0.1, -0.05) is 45.0 Å². The number of hydrogen-bond acceptors (Lipinski definition) is 2. The van der Waals surface area contributed by atoms with Crippen LogP contribution in [-0.2, 0) is 16.1 Å². The quantitative estimate of drug-likeness (QED) is 0.712. The first-order chi connectivity index (χ1) is 12.8. The fraction of sp³-hybridized carbons (Fsp3) is 0.364. The van der Waals surface area contributed by atoms with Gasteiger partial charge in [0.2, 0.25) is 11.8 Å². The highest BCUT2D eigenvalue weighted by Crippen LogP contribution is 2.18. The number of rotatable bonds is 8. The maximum atomic E-state index is 12.9. The van der Waals surface area contributed by atoms with Crippen LogP contribution >= 0.6 is 0 Å². The number of hydrogen-bond donors (Lipinski definition) is 2. The highest BCUT2D eigenvalue weighted by molar-refractivity contribution is 5.91. The van der Waals surface area contributed by atoms with Gasteiger partial charge in [-0.05, 0) is 47.2 Å². The van der Waals surface area contributed by atoms with Crippen LogP contribution in [0.1, 0.15) is 50.7 Å². The molecule has 0 aliphatic rings. The topological polar surface area (TPSA) is 58.2 Å². The molecule has 4 nitrogen and oxygen atoms in total. The molecule has 2 amide bonds. The van der Waals surface area contributed by atoms with Crippen LogP contribution in [0.5, 0.6) is 0 Å². The third-order valence-corrected chi connectivity index (χ3v) is 4.33. The Morgan fingerprint density at radius 2 is 1.48 bits per heavy atom. The molecule has 2 N–H and O–H groups in total. The molecule has 27 heavy (non-hydrogen) atoms. The summed E-state index contributed by atoms with van der Waals surface area (Å²) in [4.78, 5) is 24.2. The van der Waals surface area contributed by atoms with Gasteiger partial charge >= 0.3 is 0 Å². The molecule has 1 atom stereocenters. The standard InChI is InChI=1S/C22H27FN2O2/c1-15(2)18-6-10-20(11-7-18)25-22(27)13-16(3)12-21(26)24-14-17-4-8-19(23)9-5-17/h4-11,15-16H,12-14H2,1-3H3,(H,24,26)(H,25,27)/t16-/m1/s1. The molecule has 0 saturated carbocycles. The monoisotopic (exact) mass is 370 g/mol. The fourth-order valence-corrected chi connectivity index (χ4v) is 2.74. The molecule has 0 unspecified atom stereocenters. The minimum absolute atomic E-state index is 0.0758. The number of nitrogens with one attached hydrogen (secondary N) is 2. The summed E-state index contributed by atoms with van der Waals surface area (Å²) in [5.41, 5.74) is 2.82. The molecule has 0 saturated heterocycles. The second-order valence-corrected chi connectivity index (χ2v) is 7.24. The molecule has 0 bridgehead atoms. The summed E-state index contributed by atoms with van der Waals surface area (Å²) in [6.07, 6.45) is 0.538. The van der Waals surface area contributed by atoms with Crippen molar-refractivity contribution in [3.63, 3.8) is 0 Å². The molecular weight excluding hydrogens is 343 g/mol. The third kappa shape index (κ3) is 7.21. The van der Waals surface area contributed by atoms with Crippen molar-refractivity contribution in [2.45, 2.75) is 46.1 Å². The Morgan fingerprint density at radius 1 is 0.889 bits per heavy atom. The van der Waals surface area contributed by atoms with Crippen molar-refractivity contribution >= 4 is 17.5 Å². The van der Waals surface area contributed by atoms with Gasteiger partial charge in [0.05, 0.1) is 0 Å². The first-order valence-electron chi connectivity index (χ1n) is 9.24. The summed E-state index contributed by atoms with van der Waals surface area (Å²) >= 11 is 0. The van der Waals surface area contributed by atoms with Crippen molar-refractivity contribution in [3.8, 4) is 0 Å². The summed E-state index contributed by atoms with van der Waals surface area (Å²) in [6.45, 7) is 6.46. The Hall–Kier alpha value is -2.69. The molecule has 0 aromatic heterocycles. The average molecular weight is 370 g/mol. The van der Waals surface area contributed by atoms with Crippen molar-refractivity contribution in [3.05, 3.63) is 65.5 Å². The van der Waals surface area contributed by atoms with Gasteiger partial charge in [-0.15, -0.1) is 0 Å². The minimum Gasteiger partial charge on any atom is -0.352 e. The zero-order valence-electron chi connectivity index (χ0n) is 16.1. The highest BCUT2D eigenvalue weighted by Gasteiger charge is 2.14. The SMILES string of the molecule is CC(C)c1ccc(NC(=O)C[C@H](C)CC(=O)NCc2ccc(F)cc2)cc1. The molecule has 0 heterocycles. The molecule has 2 rings (SSSR count). The molecule has 0 aliphatic heterocycles. The lowest BCUT2D eigenvalue weighted by molar-refractivity contribution is -0.122. The van der Waals surface area contributed by atoms with E-state index in [0.717, 1.165) is 11.3 Å². The van der Waals surface area contributed by atoms with Crippen molar-refractivity contribution in [2.24, 2.45) is 5.92 Å². The Morgan fingerprint density at radius 3 is 2.07 bits per heavy atom. The van der Waals surface area contributed by atoms with Crippen molar-refractivity contribution in [2.75, 3.05) is 5.32 Å². The Kier molecular flexibility index (Phi) is 7.53. The van der Waals surface area contributed by atoms with Crippen LogP contribution in [0.25, 0.3) is 0 Å². The van der Waals surface area contributed by atoms with E-state index in [-0.39, 0.29) is 36.4 Å². The van der Waals surface area contributed by atoms with Gasteiger partial charge in [0.25, 0.3) is 0 Å². The normalized spacial score (nSPS) is 11.9. The molecule has 0 radical (unpaired) electrons. The maximum Gasteiger partial charge on any atom is 0.224 e. The number of carbonyl (C=O) groups is 2. The number of amides is 2. The van der Waals surface area contributed by atoms with Gasteiger partial charge in [0.15, 0.2) is 0 Å². The Labute approximate surface area is 160 Å². The molecule has 5 heteroatoms. The van der Waals surface area contributed by atoms with E-state index < -0.39 is 0 Å². The van der Waals surface area contributed by atoms with E-state index in [2.05, 4.69) is 24.5 Å². The molecular formula is C22H27FN2O2. The largest absolute Gasteiger partial charge is 0.352 e. The van der Waals surface area contributed by atoms with Gasteiger partial charge in [0, 0.05) is 25.1 Å². The van der Waals surface area contributed by atoms with E-state index in [9.17, 15) is 14.0 Å². The summed E-state index contributed by atoms with van der Waals surface area (Å²) in [5, 5.41) is 5.67. The predicted octanol–water partition coefficient (Wildman–Crippen LogP) is 4.62. The van der Waals surface area contributed by atoms with Gasteiger partial charge in [-0.25, -0.2) is 4.39 Å². The number of halogens is 1.